The van der Waals surface area contributed by atoms with Crippen molar-refractivity contribution in [3.63, 3.8) is 0 Å². The van der Waals surface area contributed by atoms with Gasteiger partial charge in [0.2, 0.25) is 0 Å². The summed E-state index contributed by atoms with van der Waals surface area (Å²) in [5.74, 6) is 0.0507. The number of aryl methyl sites for hydroxylation is 1. The van der Waals surface area contributed by atoms with Crippen molar-refractivity contribution in [2.75, 3.05) is 7.11 Å². The number of halogens is 1. The summed E-state index contributed by atoms with van der Waals surface area (Å²) < 4.78 is 24.8. The smallest absolute Gasteiger partial charge is 0.269 e. The Morgan fingerprint density at radius 1 is 1.35 bits per heavy atom. The number of ether oxygens (including phenoxy) is 1. The molecular weight excluding hydrogens is 279 g/mol. The van der Waals surface area contributed by atoms with E-state index in [0.717, 1.165) is 22.5 Å². The molecule has 0 bridgehead atoms. The minimum Gasteiger partial charge on any atom is -0.497 e. The van der Waals surface area contributed by atoms with Crippen molar-refractivity contribution in [3.05, 3.63) is 46.8 Å². The lowest BCUT2D eigenvalue weighted by Gasteiger charge is -2.08. The molecule has 2 heterocycles. The highest BCUT2D eigenvalue weighted by atomic mass is 32.1. The van der Waals surface area contributed by atoms with Crippen LogP contribution >= 0.6 is 11.5 Å². The second-order valence-corrected chi connectivity index (χ2v) is 5.21. The Kier molecular flexibility index (Phi) is 3.02. The van der Waals surface area contributed by atoms with E-state index < -0.39 is 0 Å². The number of fused-ring (bicyclic) bond motifs is 1. The van der Waals surface area contributed by atoms with Gasteiger partial charge >= 0.3 is 0 Å². The summed E-state index contributed by atoms with van der Waals surface area (Å²) in [6, 6.07) is 4.47. The maximum Gasteiger partial charge on any atom is 0.269 e. The van der Waals surface area contributed by atoms with Gasteiger partial charge in [0.15, 0.2) is 0 Å². The van der Waals surface area contributed by atoms with E-state index in [9.17, 15) is 9.18 Å². The van der Waals surface area contributed by atoms with E-state index in [1.807, 2.05) is 0 Å². The van der Waals surface area contributed by atoms with Gasteiger partial charge in [0, 0.05) is 36.5 Å². The number of pyridine rings is 1. The van der Waals surface area contributed by atoms with E-state index in [2.05, 4.69) is 4.37 Å². The highest BCUT2D eigenvalue weighted by molar-refractivity contribution is 7.13. The number of rotatable bonds is 2. The van der Waals surface area contributed by atoms with Crippen molar-refractivity contribution in [3.8, 4) is 16.9 Å². The van der Waals surface area contributed by atoms with Crippen LogP contribution in [0.1, 0.15) is 0 Å². The van der Waals surface area contributed by atoms with Crippen molar-refractivity contribution >= 4 is 21.6 Å². The van der Waals surface area contributed by atoms with E-state index in [0.29, 0.717) is 16.0 Å². The Morgan fingerprint density at radius 2 is 2.15 bits per heavy atom. The second kappa shape index (κ2) is 4.72. The molecule has 0 aliphatic heterocycles. The van der Waals surface area contributed by atoms with Crippen LogP contribution in [0.4, 0.5) is 4.39 Å². The molecule has 102 valence electrons. The maximum absolute atomic E-state index is 13.6. The Bertz CT molecular complexity index is 854. The molecule has 0 unspecified atom stereocenters. The third kappa shape index (κ3) is 1.98. The van der Waals surface area contributed by atoms with E-state index in [4.69, 9.17) is 4.74 Å². The van der Waals surface area contributed by atoms with Crippen LogP contribution in [0.2, 0.25) is 0 Å². The summed E-state index contributed by atoms with van der Waals surface area (Å²) in [6.45, 7) is 0. The summed E-state index contributed by atoms with van der Waals surface area (Å²) in [6.07, 6.45) is 3.32. The summed E-state index contributed by atoms with van der Waals surface area (Å²) in [7, 11) is 3.16. The fourth-order valence-electron chi connectivity index (χ4n) is 2.13. The van der Waals surface area contributed by atoms with Crippen LogP contribution in [0.25, 0.3) is 21.2 Å². The largest absolute Gasteiger partial charge is 0.497 e. The van der Waals surface area contributed by atoms with E-state index in [1.54, 1.807) is 25.5 Å². The van der Waals surface area contributed by atoms with Gasteiger partial charge in [-0.3, -0.25) is 4.79 Å². The van der Waals surface area contributed by atoms with E-state index >= 15 is 0 Å². The molecule has 0 spiro atoms. The summed E-state index contributed by atoms with van der Waals surface area (Å²) in [5, 5.41) is 0.728. The van der Waals surface area contributed by atoms with Crippen LogP contribution in [-0.4, -0.2) is 16.1 Å². The lowest BCUT2D eigenvalue weighted by molar-refractivity contribution is 0.411. The van der Waals surface area contributed by atoms with E-state index in [-0.39, 0.29) is 11.4 Å². The van der Waals surface area contributed by atoms with Crippen molar-refractivity contribution in [2.24, 2.45) is 7.05 Å². The Labute approximate surface area is 118 Å². The molecule has 0 saturated carbocycles. The first kappa shape index (κ1) is 12.8. The molecule has 0 aliphatic carbocycles. The van der Waals surface area contributed by atoms with Gasteiger partial charge in [-0.2, -0.15) is 4.37 Å². The molecule has 6 heteroatoms. The summed E-state index contributed by atoms with van der Waals surface area (Å²) in [4.78, 5) is 12.0. The van der Waals surface area contributed by atoms with Crippen molar-refractivity contribution < 1.29 is 9.13 Å². The molecule has 1 aromatic carbocycles. The molecule has 4 nitrogen and oxygen atoms in total. The lowest BCUT2D eigenvalue weighted by atomic mass is 10.0. The summed E-state index contributed by atoms with van der Waals surface area (Å²) in [5.41, 5.74) is 1.31. The minimum absolute atomic E-state index is 0.102. The average Bonchev–Trinajstić information content (AvgIpc) is 2.91. The highest BCUT2D eigenvalue weighted by Gasteiger charge is 2.12. The van der Waals surface area contributed by atoms with Gasteiger partial charge in [-0.05, 0) is 29.2 Å². The highest BCUT2D eigenvalue weighted by Crippen LogP contribution is 2.31. The number of benzene rings is 1. The fourth-order valence-corrected chi connectivity index (χ4v) is 2.88. The molecule has 0 saturated heterocycles. The minimum atomic E-state index is -0.385. The second-order valence-electron chi connectivity index (χ2n) is 4.41. The molecule has 0 amide bonds. The molecular formula is C14H11FN2O2S. The fraction of sp³-hybridized carbons (Fsp3) is 0.143. The van der Waals surface area contributed by atoms with Gasteiger partial charge in [-0.25, -0.2) is 4.39 Å². The number of hydrogen-bond acceptors (Lipinski definition) is 4. The zero-order valence-electron chi connectivity index (χ0n) is 10.9. The monoisotopic (exact) mass is 290 g/mol. The number of hydrogen-bond donors (Lipinski definition) is 0. The Balaban J connectivity index is 2.35. The van der Waals surface area contributed by atoms with Gasteiger partial charge in [-0.1, -0.05) is 0 Å². The first-order valence-electron chi connectivity index (χ1n) is 5.89. The van der Waals surface area contributed by atoms with Gasteiger partial charge in [0.25, 0.3) is 5.56 Å². The molecule has 0 radical (unpaired) electrons. The predicted molar refractivity (Wildman–Crippen MR) is 76.8 cm³/mol. The first-order chi connectivity index (χ1) is 9.60. The number of aromatic nitrogens is 2. The zero-order valence-corrected chi connectivity index (χ0v) is 11.7. The van der Waals surface area contributed by atoms with Gasteiger partial charge < -0.3 is 9.30 Å². The van der Waals surface area contributed by atoms with Gasteiger partial charge in [0.05, 0.1) is 7.11 Å². The third-order valence-electron chi connectivity index (χ3n) is 3.12. The van der Waals surface area contributed by atoms with Crippen LogP contribution < -0.4 is 10.3 Å². The molecule has 2 aromatic heterocycles. The molecule has 0 fully saturated rings. The summed E-state index contributed by atoms with van der Waals surface area (Å²) >= 11 is 1.14. The topological polar surface area (TPSA) is 44.1 Å². The predicted octanol–water partition coefficient (Wildman–Crippen LogP) is 2.81. The molecule has 0 N–H and O–H groups in total. The Morgan fingerprint density at radius 3 is 2.90 bits per heavy atom. The molecule has 3 rings (SSSR count). The lowest BCUT2D eigenvalue weighted by Crippen LogP contribution is -2.15. The van der Waals surface area contributed by atoms with Crippen LogP contribution in [0.5, 0.6) is 5.75 Å². The van der Waals surface area contributed by atoms with Gasteiger partial charge in [-0.15, -0.1) is 0 Å². The molecule has 0 atom stereocenters. The van der Waals surface area contributed by atoms with E-state index in [1.165, 1.54) is 23.8 Å². The quantitative estimate of drug-likeness (QED) is 0.729. The van der Waals surface area contributed by atoms with Crippen LogP contribution in [0.15, 0.2) is 35.4 Å². The Hall–Kier alpha value is -2.21. The SMILES string of the molecule is COc1cc(F)cc(-c2cn(C)c(=O)c3sncc23)c1. The van der Waals surface area contributed by atoms with Crippen molar-refractivity contribution in [2.45, 2.75) is 0 Å². The molecule has 20 heavy (non-hydrogen) atoms. The molecule has 3 aromatic rings. The molecule has 0 aliphatic rings. The number of methoxy groups -OCH3 is 1. The van der Waals surface area contributed by atoms with Crippen LogP contribution in [0, 0.1) is 5.82 Å². The van der Waals surface area contributed by atoms with Gasteiger partial charge in [0.1, 0.15) is 16.3 Å². The average molecular weight is 290 g/mol. The maximum atomic E-state index is 13.6. The van der Waals surface area contributed by atoms with Crippen LogP contribution in [0.3, 0.4) is 0 Å². The standard InChI is InChI=1S/C14H11FN2O2S/c1-17-7-12(11-6-16-20-13(11)14(17)18)8-3-9(15)5-10(4-8)19-2/h3-7H,1-2H3. The van der Waals surface area contributed by atoms with Crippen molar-refractivity contribution in [1.29, 1.82) is 0 Å². The van der Waals surface area contributed by atoms with Crippen LogP contribution in [-0.2, 0) is 7.05 Å². The zero-order chi connectivity index (χ0) is 14.3. The number of nitrogens with zero attached hydrogens (tertiary/aromatic N) is 2. The van der Waals surface area contributed by atoms with Crippen molar-refractivity contribution in [1.82, 2.24) is 8.94 Å². The third-order valence-corrected chi connectivity index (χ3v) is 3.90. The normalized spacial score (nSPS) is 10.9. The first-order valence-corrected chi connectivity index (χ1v) is 6.66.